The lowest BCUT2D eigenvalue weighted by atomic mass is 10.1. The second-order valence-electron chi connectivity index (χ2n) is 7.61. The first-order valence-electron chi connectivity index (χ1n) is 10.3. The average Bonchev–Trinajstić information content (AvgIpc) is 3.22. The molecule has 33 heavy (non-hydrogen) atoms. The quantitative estimate of drug-likeness (QED) is 0.240. The van der Waals surface area contributed by atoms with Gasteiger partial charge in [0.25, 0.3) is 0 Å². The van der Waals surface area contributed by atoms with Crippen molar-refractivity contribution in [1.82, 2.24) is 15.0 Å². The maximum Gasteiger partial charge on any atom is 0.164 e. The van der Waals surface area contributed by atoms with E-state index >= 15 is 0 Å². The van der Waals surface area contributed by atoms with Crippen molar-refractivity contribution in [3.63, 3.8) is 0 Å². The molecule has 0 aliphatic carbocycles. The molecule has 2 heterocycles. The van der Waals surface area contributed by atoms with Gasteiger partial charge in [-0.1, -0.05) is 88.2 Å². The monoisotopic (exact) mass is 511 g/mol. The lowest BCUT2D eigenvalue weighted by molar-refractivity contribution is 0.669. The highest BCUT2D eigenvalue weighted by atomic mass is 79.9. The van der Waals surface area contributed by atoms with Crippen LogP contribution in [0.4, 0.5) is 0 Å². The molecule has 0 saturated heterocycles. The lowest BCUT2D eigenvalue weighted by Crippen LogP contribution is -2.00. The maximum absolute atomic E-state index is 6.33. The summed E-state index contributed by atoms with van der Waals surface area (Å²) in [6.45, 7) is 0. The summed E-state index contributed by atoms with van der Waals surface area (Å²) in [4.78, 5) is 14.5. The standard InChI is InChI=1S/C27H15BrClN3O/c28-18-13-17(14-19(29)15-18)26-30-25(16-7-2-1-3-8-16)31-27(32-26)21-10-6-12-23-24(21)20-9-4-5-11-22(20)33-23/h1-15H. The predicted octanol–water partition coefficient (Wildman–Crippen LogP) is 8.19. The Balaban J connectivity index is 1.66. The van der Waals surface area contributed by atoms with Crippen LogP contribution in [-0.4, -0.2) is 15.0 Å². The van der Waals surface area contributed by atoms with Gasteiger partial charge >= 0.3 is 0 Å². The van der Waals surface area contributed by atoms with Crippen LogP contribution in [0.1, 0.15) is 0 Å². The number of halogens is 2. The third-order valence-electron chi connectivity index (χ3n) is 5.43. The van der Waals surface area contributed by atoms with E-state index in [0.717, 1.165) is 43.1 Å². The van der Waals surface area contributed by atoms with Crippen LogP contribution >= 0.6 is 27.5 Å². The van der Waals surface area contributed by atoms with E-state index in [1.54, 1.807) is 0 Å². The van der Waals surface area contributed by atoms with Gasteiger partial charge < -0.3 is 4.42 Å². The lowest BCUT2D eigenvalue weighted by Gasteiger charge is -2.09. The molecule has 0 spiro atoms. The Kier molecular flexibility index (Phi) is 4.93. The van der Waals surface area contributed by atoms with E-state index < -0.39 is 0 Å². The van der Waals surface area contributed by atoms with Gasteiger partial charge in [0.05, 0.1) is 0 Å². The number of rotatable bonds is 3. The minimum absolute atomic E-state index is 0.548. The van der Waals surface area contributed by atoms with Gasteiger partial charge in [0, 0.05) is 37.0 Å². The van der Waals surface area contributed by atoms with Crippen molar-refractivity contribution < 1.29 is 4.42 Å². The molecule has 4 aromatic carbocycles. The first-order chi connectivity index (χ1) is 16.2. The van der Waals surface area contributed by atoms with Crippen LogP contribution in [0.3, 0.4) is 0 Å². The van der Waals surface area contributed by atoms with E-state index in [1.165, 1.54) is 0 Å². The van der Waals surface area contributed by atoms with Crippen LogP contribution in [0, 0.1) is 0 Å². The van der Waals surface area contributed by atoms with E-state index in [0.29, 0.717) is 22.5 Å². The molecule has 0 fully saturated rings. The van der Waals surface area contributed by atoms with Crippen LogP contribution in [0.15, 0.2) is 99.9 Å². The molecule has 6 rings (SSSR count). The van der Waals surface area contributed by atoms with Gasteiger partial charge in [0.2, 0.25) is 0 Å². The second-order valence-corrected chi connectivity index (χ2v) is 8.96. The number of fused-ring (bicyclic) bond motifs is 3. The van der Waals surface area contributed by atoms with E-state index in [9.17, 15) is 0 Å². The highest BCUT2D eigenvalue weighted by Crippen LogP contribution is 2.36. The van der Waals surface area contributed by atoms with Crippen LogP contribution in [0.2, 0.25) is 5.02 Å². The van der Waals surface area contributed by atoms with Gasteiger partial charge in [-0.2, -0.15) is 0 Å². The summed E-state index contributed by atoms with van der Waals surface area (Å²) in [6.07, 6.45) is 0. The number of hydrogen-bond acceptors (Lipinski definition) is 4. The Bertz CT molecular complexity index is 1630. The fourth-order valence-electron chi connectivity index (χ4n) is 3.99. The van der Waals surface area contributed by atoms with E-state index in [-0.39, 0.29) is 0 Å². The van der Waals surface area contributed by atoms with Crippen molar-refractivity contribution in [2.45, 2.75) is 0 Å². The Morgan fingerprint density at radius 2 is 1.33 bits per heavy atom. The topological polar surface area (TPSA) is 51.8 Å². The number of para-hydroxylation sites is 1. The summed E-state index contributed by atoms with van der Waals surface area (Å²) < 4.78 is 6.94. The van der Waals surface area contributed by atoms with E-state index in [1.807, 2.05) is 84.9 Å². The van der Waals surface area contributed by atoms with Gasteiger partial charge in [-0.3, -0.25) is 0 Å². The van der Waals surface area contributed by atoms with Gasteiger partial charge in [0.1, 0.15) is 11.2 Å². The van der Waals surface area contributed by atoms with Crippen molar-refractivity contribution in [3.05, 3.63) is 100 Å². The Hall–Kier alpha value is -3.54. The average molecular weight is 513 g/mol. The van der Waals surface area contributed by atoms with Gasteiger partial charge in [-0.15, -0.1) is 0 Å². The van der Waals surface area contributed by atoms with Crippen LogP contribution in [-0.2, 0) is 0 Å². The fourth-order valence-corrected chi connectivity index (χ4v) is 4.85. The summed E-state index contributed by atoms with van der Waals surface area (Å²) in [5.74, 6) is 1.72. The predicted molar refractivity (Wildman–Crippen MR) is 136 cm³/mol. The molecule has 158 valence electrons. The summed E-state index contributed by atoms with van der Waals surface area (Å²) >= 11 is 9.85. The SMILES string of the molecule is Clc1cc(Br)cc(-c2nc(-c3ccccc3)nc(-c3cccc4oc5ccccc5c34)n2)c1. The molecule has 6 heteroatoms. The van der Waals surface area contributed by atoms with Crippen molar-refractivity contribution >= 4 is 49.5 Å². The van der Waals surface area contributed by atoms with Gasteiger partial charge in [0.15, 0.2) is 17.5 Å². The van der Waals surface area contributed by atoms with Crippen molar-refractivity contribution in [1.29, 1.82) is 0 Å². The summed E-state index contributed by atoms with van der Waals surface area (Å²) in [7, 11) is 0. The number of furan rings is 1. The van der Waals surface area contributed by atoms with Crippen molar-refractivity contribution in [3.8, 4) is 34.2 Å². The Labute approximate surface area is 203 Å². The Morgan fingerprint density at radius 1 is 0.636 bits per heavy atom. The third kappa shape index (κ3) is 3.69. The van der Waals surface area contributed by atoms with Crippen molar-refractivity contribution in [2.75, 3.05) is 0 Å². The van der Waals surface area contributed by atoms with Gasteiger partial charge in [-0.05, 0) is 30.3 Å². The molecular formula is C27H15BrClN3O. The highest BCUT2D eigenvalue weighted by Gasteiger charge is 2.17. The zero-order valence-electron chi connectivity index (χ0n) is 17.2. The molecule has 2 aromatic heterocycles. The smallest absolute Gasteiger partial charge is 0.164 e. The molecule has 0 aliphatic rings. The van der Waals surface area contributed by atoms with Gasteiger partial charge in [-0.25, -0.2) is 15.0 Å². The first-order valence-corrected chi connectivity index (χ1v) is 11.5. The summed E-state index contributed by atoms with van der Waals surface area (Å²) in [6, 6.07) is 29.5. The second kappa shape index (κ2) is 8.10. The fraction of sp³-hybridized carbons (Fsp3) is 0. The van der Waals surface area contributed by atoms with Crippen LogP contribution in [0.5, 0.6) is 0 Å². The molecular weight excluding hydrogens is 498 g/mol. The number of nitrogens with zero attached hydrogens (tertiary/aromatic N) is 3. The molecule has 0 saturated carbocycles. The van der Waals surface area contributed by atoms with Crippen molar-refractivity contribution in [2.24, 2.45) is 0 Å². The highest BCUT2D eigenvalue weighted by molar-refractivity contribution is 9.10. The largest absolute Gasteiger partial charge is 0.456 e. The van der Waals surface area contributed by atoms with Crippen LogP contribution in [0.25, 0.3) is 56.1 Å². The molecule has 0 amide bonds. The van der Waals surface area contributed by atoms with E-state index in [2.05, 4.69) is 22.0 Å². The number of benzene rings is 4. The Morgan fingerprint density at radius 3 is 2.15 bits per heavy atom. The van der Waals surface area contributed by atoms with Crippen LogP contribution < -0.4 is 0 Å². The number of hydrogen-bond donors (Lipinski definition) is 0. The molecule has 0 unspecified atom stereocenters. The molecule has 0 radical (unpaired) electrons. The summed E-state index contributed by atoms with van der Waals surface area (Å²) in [5, 5.41) is 2.61. The molecule has 0 aliphatic heterocycles. The molecule has 0 N–H and O–H groups in total. The first kappa shape index (κ1) is 20.1. The minimum Gasteiger partial charge on any atom is -0.456 e. The van der Waals surface area contributed by atoms with E-state index in [4.69, 9.17) is 31.0 Å². The zero-order chi connectivity index (χ0) is 22.4. The molecule has 6 aromatic rings. The normalized spacial score (nSPS) is 11.3. The number of aromatic nitrogens is 3. The third-order valence-corrected chi connectivity index (χ3v) is 6.11. The zero-order valence-corrected chi connectivity index (χ0v) is 19.5. The molecule has 0 bridgehead atoms. The summed E-state index contributed by atoms with van der Waals surface area (Å²) in [5.41, 5.74) is 4.23. The maximum atomic E-state index is 6.33. The molecule has 0 atom stereocenters. The minimum atomic E-state index is 0.548. The molecule has 4 nitrogen and oxygen atoms in total.